The van der Waals surface area contributed by atoms with Crippen molar-refractivity contribution < 1.29 is 33.8 Å². The number of carbonyl (C=O) groups is 4. The van der Waals surface area contributed by atoms with E-state index in [9.17, 15) is 24.3 Å². The van der Waals surface area contributed by atoms with Gasteiger partial charge in [-0.25, -0.2) is 24.3 Å². The van der Waals surface area contributed by atoms with Crippen molar-refractivity contribution in [2.45, 2.75) is 90.5 Å². The zero-order valence-electron chi connectivity index (χ0n) is 20.7. The minimum Gasteiger partial charge on any atom is -0.480 e. The Labute approximate surface area is 199 Å². The number of hydrogen-bond acceptors (Lipinski definition) is 8. The Balaban J connectivity index is 3.34. The van der Waals surface area contributed by atoms with Gasteiger partial charge in [-0.05, 0) is 67.3 Å². The normalized spacial score (nSPS) is 13.5. The fraction of sp³-hybridized carbons (Fsp3) is 0.682. The molecular weight excluding hydrogens is 446 g/mol. The Kier molecular flexibility index (Phi) is 10.5. The lowest BCUT2D eigenvalue weighted by Gasteiger charge is -2.32. The van der Waals surface area contributed by atoms with E-state index in [1.54, 1.807) is 41.5 Å². The number of alkyl carbamates (subject to hydrolysis) is 1. The van der Waals surface area contributed by atoms with Crippen LogP contribution in [0.2, 0.25) is 0 Å². The molecule has 0 aliphatic rings. The number of carboxylic acids is 1. The van der Waals surface area contributed by atoms with Crippen LogP contribution in [-0.4, -0.2) is 73.9 Å². The molecule has 1 rings (SSSR count). The van der Waals surface area contributed by atoms with Gasteiger partial charge >= 0.3 is 18.2 Å². The number of aliphatic carboxylic acids is 1. The van der Waals surface area contributed by atoms with Crippen molar-refractivity contribution in [1.82, 2.24) is 20.2 Å². The third kappa shape index (κ3) is 10.2. The van der Waals surface area contributed by atoms with Crippen LogP contribution >= 0.6 is 0 Å². The zero-order chi connectivity index (χ0) is 26.1. The van der Waals surface area contributed by atoms with Gasteiger partial charge in [-0.1, -0.05) is 0 Å². The molecule has 0 fully saturated rings. The molecule has 3 amide bonds. The Hall–Kier alpha value is -3.15. The van der Waals surface area contributed by atoms with E-state index in [0.29, 0.717) is 30.0 Å². The van der Waals surface area contributed by atoms with Gasteiger partial charge in [0.15, 0.2) is 0 Å². The van der Waals surface area contributed by atoms with Crippen molar-refractivity contribution in [3.05, 3.63) is 18.2 Å². The summed E-state index contributed by atoms with van der Waals surface area (Å²) in [7, 11) is 0. The molecule has 1 aromatic rings. The number of carboxylic acid groups (broad SMARTS) is 1. The number of unbranched alkanes of at least 4 members (excludes halogenated alkanes) is 1. The summed E-state index contributed by atoms with van der Waals surface area (Å²) < 4.78 is 10.6. The largest absolute Gasteiger partial charge is 0.480 e. The molecule has 0 aliphatic carbocycles. The summed E-state index contributed by atoms with van der Waals surface area (Å²) >= 11 is 0. The Morgan fingerprint density at radius 3 is 2.21 bits per heavy atom. The van der Waals surface area contributed by atoms with Crippen LogP contribution in [0.25, 0.3) is 0 Å². The molecule has 0 radical (unpaired) electrons. The lowest BCUT2D eigenvalue weighted by Crippen LogP contribution is -2.58. The number of aromatic nitrogens is 2. The van der Waals surface area contributed by atoms with Crippen molar-refractivity contribution in [1.29, 1.82) is 0 Å². The monoisotopic (exact) mass is 483 g/mol. The van der Waals surface area contributed by atoms with Gasteiger partial charge in [0.1, 0.15) is 23.3 Å². The first-order valence-corrected chi connectivity index (χ1v) is 11.1. The molecule has 0 aromatic carbocycles. The van der Waals surface area contributed by atoms with E-state index in [2.05, 4.69) is 15.3 Å². The minimum absolute atomic E-state index is 0.114. The molecule has 5 N–H and O–H groups in total. The van der Waals surface area contributed by atoms with Crippen molar-refractivity contribution in [2.24, 2.45) is 5.73 Å². The summed E-state index contributed by atoms with van der Waals surface area (Å²) in [5.41, 5.74) is 4.04. The molecule has 192 valence electrons. The van der Waals surface area contributed by atoms with Crippen molar-refractivity contribution in [3.63, 3.8) is 0 Å². The lowest BCUT2D eigenvalue weighted by molar-refractivity contribution is -0.150. The maximum atomic E-state index is 13.6. The molecule has 2 atom stereocenters. The maximum Gasteiger partial charge on any atom is 0.417 e. The van der Waals surface area contributed by atoms with E-state index >= 15 is 0 Å². The molecule has 12 heteroatoms. The first kappa shape index (κ1) is 28.9. The van der Waals surface area contributed by atoms with Gasteiger partial charge in [0.25, 0.3) is 5.91 Å². The van der Waals surface area contributed by atoms with Gasteiger partial charge in [0.05, 0.1) is 12.0 Å². The number of nitrogens with two attached hydrogens (primary N) is 1. The van der Waals surface area contributed by atoms with E-state index in [1.807, 2.05) is 0 Å². The Bertz CT molecular complexity index is 828. The molecule has 2 unspecified atom stereocenters. The quantitative estimate of drug-likeness (QED) is 0.363. The molecule has 34 heavy (non-hydrogen) atoms. The second-order valence-corrected chi connectivity index (χ2v) is 9.79. The zero-order valence-corrected chi connectivity index (χ0v) is 20.7. The highest BCUT2D eigenvalue weighted by Crippen LogP contribution is 2.18. The van der Waals surface area contributed by atoms with Gasteiger partial charge in [-0.3, -0.25) is 4.79 Å². The van der Waals surface area contributed by atoms with Gasteiger partial charge in [-0.15, -0.1) is 0 Å². The summed E-state index contributed by atoms with van der Waals surface area (Å²) in [5, 5.41) is 12.4. The number of amides is 3. The highest BCUT2D eigenvalue weighted by atomic mass is 16.6. The Morgan fingerprint density at radius 2 is 1.74 bits per heavy atom. The molecular formula is C22H37N5O7. The fourth-order valence-electron chi connectivity index (χ4n) is 2.94. The van der Waals surface area contributed by atoms with Crippen LogP contribution in [0, 0.1) is 0 Å². The average Bonchev–Trinajstić information content (AvgIpc) is 3.17. The number of aromatic amines is 1. The van der Waals surface area contributed by atoms with Crippen LogP contribution < -0.4 is 11.1 Å². The summed E-state index contributed by atoms with van der Waals surface area (Å²) in [5.74, 6) is -2.36. The molecule has 0 spiro atoms. The molecule has 1 aromatic heterocycles. The first-order chi connectivity index (χ1) is 15.6. The number of carbonyl (C=O) groups excluding carboxylic acids is 3. The van der Waals surface area contributed by atoms with Crippen LogP contribution in [0.5, 0.6) is 0 Å². The van der Waals surface area contributed by atoms with E-state index < -0.39 is 47.3 Å². The number of hydrogen-bond donors (Lipinski definition) is 4. The fourth-order valence-corrected chi connectivity index (χ4v) is 2.94. The number of rotatable bonds is 10. The second-order valence-electron chi connectivity index (χ2n) is 9.79. The van der Waals surface area contributed by atoms with Crippen LogP contribution in [0.4, 0.5) is 9.59 Å². The highest BCUT2D eigenvalue weighted by molar-refractivity contribution is 6.00. The number of imidazole rings is 1. The van der Waals surface area contributed by atoms with Gasteiger partial charge in [0, 0.05) is 12.6 Å². The lowest BCUT2D eigenvalue weighted by atomic mass is 10.1. The van der Waals surface area contributed by atoms with Gasteiger partial charge in [0.2, 0.25) is 0 Å². The SMILES string of the molecule is CC(C)(C)OC(=O)NC(CCCCN)C(=O)N(C(=O)OC(C)(C)C)C(Cc1c[nH]cn1)C(=O)O. The van der Waals surface area contributed by atoms with E-state index in [-0.39, 0.29) is 12.8 Å². The molecule has 0 saturated heterocycles. The van der Waals surface area contributed by atoms with E-state index in [0.717, 1.165) is 0 Å². The summed E-state index contributed by atoms with van der Waals surface area (Å²) in [6.07, 6.45) is 1.66. The van der Waals surface area contributed by atoms with Crippen LogP contribution in [0.1, 0.15) is 66.5 Å². The van der Waals surface area contributed by atoms with Crippen molar-refractivity contribution >= 4 is 24.1 Å². The summed E-state index contributed by atoms with van der Waals surface area (Å²) in [4.78, 5) is 58.4. The predicted molar refractivity (Wildman–Crippen MR) is 123 cm³/mol. The van der Waals surface area contributed by atoms with E-state index in [1.165, 1.54) is 12.5 Å². The highest BCUT2D eigenvalue weighted by Gasteiger charge is 2.41. The molecule has 1 heterocycles. The third-order valence-electron chi connectivity index (χ3n) is 4.32. The van der Waals surface area contributed by atoms with Gasteiger partial charge < -0.3 is 30.6 Å². The Morgan fingerprint density at radius 1 is 1.12 bits per heavy atom. The third-order valence-corrected chi connectivity index (χ3v) is 4.32. The standard InChI is InChI=1S/C22H37N5O7/c1-21(2,3)33-19(31)26-15(9-7-8-10-23)17(28)27(20(32)34-22(4,5)6)16(18(29)30)11-14-12-24-13-25-14/h12-13,15-16H,7-11,23H2,1-6H3,(H,24,25)(H,26,31)(H,29,30). The minimum atomic E-state index is -1.62. The van der Waals surface area contributed by atoms with Crippen molar-refractivity contribution in [2.75, 3.05) is 6.54 Å². The van der Waals surface area contributed by atoms with Crippen LogP contribution in [-0.2, 0) is 25.5 Å². The summed E-state index contributed by atoms with van der Waals surface area (Å²) in [6.45, 7) is 10.1. The smallest absolute Gasteiger partial charge is 0.417 e. The number of nitrogens with zero attached hydrogens (tertiary/aromatic N) is 2. The predicted octanol–water partition coefficient (Wildman–Crippen LogP) is 2.19. The van der Waals surface area contributed by atoms with Gasteiger partial charge in [-0.2, -0.15) is 0 Å². The molecule has 0 bridgehead atoms. The van der Waals surface area contributed by atoms with Crippen LogP contribution in [0.15, 0.2) is 12.5 Å². The van der Waals surface area contributed by atoms with Crippen LogP contribution in [0.3, 0.4) is 0 Å². The molecule has 0 saturated carbocycles. The van der Waals surface area contributed by atoms with E-state index in [4.69, 9.17) is 15.2 Å². The average molecular weight is 484 g/mol. The molecule has 0 aliphatic heterocycles. The maximum absolute atomic E-state index is 13.6. The number of H-pyrrole nitrogens is 1. The number of imide groups is 1. The molecule has 12 nitrogen and oxygen atoms in total. The number of ether oxygens (including phenoxy) is 2. The topological polar surface area (TPSA) is 177 Å². The first-order valence-electron chi connectivity index (χ1n) is 11.1. The number of nitrogens with one attached hydrogen (secondary N) is 2. The second kappa shape index (κ2) is 12.4. The summed E-state index contributed by atoms with van der Waals surface area (Å²) in [6, 6.07) is -2.86. The van der Waals surface area contributed by atoms with Crippen molar-refractivity contribution in [3.8, 4) is 0 Å².